The Morgan fingerprint density at radius 2 is 1.53 bits per heavy atom. The van der Waals surface area contributed by atoms with Gasteiger partial charge in [-0.2, -0.15) is 0 Å². The Kier molecular flexibility index (Phi) is 8.18. The Balaban J connectivity index is 2.31. The SMILES string of the molecule is O=C(O)c1cc(C(=O)O)cc(-n2c(-c3ccc(SOOO)cc3)nnc2S(=O)(=O)C(Br)(Br)Br)c1. The number of halogens is 3. The fourth-order valence-electron chi connectivity index (χ4n) is 2.67. The normalized spacial score (nSPS) is 12.0. The number of carboxylic acid groups (broad SMARTS) is 2. The van der Waals surface area contributed by atoms with Gasteiger partial charge in [-0.05, 0) is 90.3 Å². The number of benzene rings is 2. The van der Waals surface area contributed by atoms with E-state index in [4.69, 9.17) is 5.26 Å². The minimum Gasteiger partial charge on any atom is -0.478 e. The number of hydrogen-bond acceptors (Lipinski definition) is 10. The van der Waals surface area contributed by atoms with Crippen molar-refractivity contribution in [3.05, 3.63) is 53.6 Å². The molecule has 17 heteroatoms. The first kappa shape index (κ1) is 26.7. The number of sulfone groups is 1. The first-order valence-corrected chi connectivity index (χ1v) is 13.1. The summed E-state index contributed by atoms with van der Waals surface area (Å²) in [4.78, 5) is 23.7. The maximum Gasteiger partial charge on any atom is 0.335 e. The van der Waals surface area contributed by atoms with Gasteiger partial charge in [-0.3, -0.25) is 4.57 Å². The molecule has 1 heterocycles. The molecular formula is C17H10Br3N3O9S2. The molecule has 0 aliphatic rings. The molecule has 2 aromatic carbocycles. The maximum atomic E-state index is 13.1. The van der Waals surface area contributed by atoms with Crippen molar-refractivity contribution < 1.29 is 42.8 Å². The Morgan fingerprint density at radius 3 is 2.00 bits per heavy atom. The number of nitrogens with zero attached hydrogens (tertiary/aromatic N) is 3. The third-order valence-corrected chi connectivity index (χ3v) is 9.91. The molecule has 0 unspecified atom stereocenters. The molecule has 0 amide bonds. The van der Waals surface area contributed by atoms with Crippen LogP contribution in [0, 0.1) is 0 Å². The third kappa shape index (κ3) is 5.51. The van der Waals surface area contributed by atoms with Crippen molar-refractivity contribution in [2.45, 2.75) is 11.5 Å². The van der Waals surface area contributed by atoms with Gasteiger partial charge in [0.05, 0.1) is 28.9 Å². The summed E-state index contributed by atoms with van der Waals surface area (Å²) in [6.45, 7) is 0. The molecule has 34 heavy (non-hydrogen) atoms. The second-order valence-electron chi connectivity index (χ2n) is 6.22. The quantitative estimate of drug-likeness (QED) is 0.131. The van der Waals surface area contributed by atoms with Crippen LogP contribution >= 0.6 is 59.8 Å². The van der Waals surface area contributed by atoms with E-state index in [2.05, 4.69) is 67.4 Å². The van der Waals surface area contributed by atoms with Gasteiger partial charge < -0.3 is 10.2 Å². The van der Waals surface area contributed by atoms with Gasteiger partial charge in [0.2, 0.25) is 11.3 Å². The molecular weight excluding hydrogens is 694 g/mol. The molecule has 180 valence electrons. The summed E-state index contributed by atoms with van der Waals surface area (Å²) in [6.07, 6.45) is 0. The van der Waals surface area contributed by atoms with Gasteiger partial charge in [0.15, 0.2) is 5.82 Å². The number of alkyl halides is 3. The van der Waals surface area contributed by atoms with Gasteiger partial charge in [-0.25, -0.2) is 23.3 Å². The molecule has 0 fully saturated rings. The van der Waals surface area contributed by atoms with Gasteiger partial charge in [0.1, 0.15) is 0 Å². The van der Waals surface area contributed by atoms with Crippen LogP contribution in [0.1, 0.15) is 20.7 Å². The fraction of sp³-hybridized carbons (Fsp3) is 0.0588. The highest BCUT2D eigenvalue weighted by Crippen LogP contribution is 2.44. The van der Waals surface area contributed by atoms with E-state index in [1.54, 1.807) is 0 Å². The zero-order valence-corrected chi connectivity index (χ0v) is 22.5. The molecule has 1 aromatic heterocycles. The lowest BCUT2D eigenvalue weighted by Gasteiger charge is -2.16. The van der Waals surface area contributed by atoms with Crippen LogP contribution in [0.5, 0.6) is 0 Å². The molecule has 0 bridgehead atoms. The summed E-state index contributed by atoms with van der Waals surface area (Å²) in [5.41, 5.74) is -0.574. The van der Waals surface area contributed by atoms with Crippen LogP contribution in [0.2, 0.25) is 0 Å². The van der Waals surface area contributed by atoms with Crippen molar-refractivity contribution in [2.24, 2.45) is 0 Å². The summed E-state index contributed by atoms with van der Waals surface area (Å²) in [5, 5.41) is 37.8. The third-order valence-electron chi connectivity index (χ3n) is 4.12. The molecule has 0 saturated carbocycles. The Morgan fingerprint density at radius 1 is 0.971 bits per heavy atom. The highest BCUT2D eigenvalue weighted by Gasteiger charge is 2.42. The van der Waals surface area contributed by atoms with E-state index in [-0.39, 0.29) is 11.5 Å². The highest BCUT2D eigenvalue weighted by molar-refractivity contribution is 9.42. The molecule has 0 spiro atoms. The fourth-order valence-corrected chi connectivity index (χ4v) is 5.12. The van der Waals surface area contributed by atoms with Crippen molar-refractivity contribution in [2.75, 3.05) is 0 Å². The largest absolute Gasteiger partial charge is 0.478 e. The zero-order valence-electron chi connectivity index (χ0n) is 16.1. The predicted octanol–water partition coefficient (Wildman–Crippen LogP) is 4.33. The van der Waals surface area contributed by atoms with Crippen molar-refractivity contribution in [1.29, 1.82) is 0 Å². The molecule has 0 atom stereocenters. The van der Waals surface area contributed by atoms with Crippen LogP contribution in [0.15, 0.2) is 52.5 Å². The van der Waals surface area contributed by atoms with Crippen LogP contribution in [0.3, 0.4) is 0 Å². The second-order valence-corrected chi connectivity index (χ2v) is 17.3. The van der Waals surface area contributed by atoms with Gasteiger partial charge >= 0.3 is 11.9 Å². The first-order chi connectivity index (χ1) is 15.9. The Labute approximate surface area is 220 Å². The smallest absolute Gasteiger partial charge is 0.335 e. The van der Waals surface area contributed by atoms with Crippen molar-refractivity contribution in [1.82, 2.24) is 14.8 Å². The van der Waals surface area contributed by atoms with E-state index < -0.39 is 39.5 Å². The Hall–Kier alpha value is -1.86. The summed E-state index contributed by atoms with van der Waals surface area (Å²) in [7, 11) is -4.35. The summed E-state index contributed by atoms with van der Waals surface area (Å²) in [6, 6.07) is 9.22. The van der Waals surface area contributed by atoms with Crippen molar-refractivity contribution in [3.63, 3.8) is 0 Å². The summed E-state index contributed by atoms with van der Waals surface area (Å²) in [5.74, 6) is -2.89. The maximum absolute atomic E-state index is 13.1. The number of carbonyl (C=O) groups is 2. The molecule has 12 nitrogen and oxygen atoms in total. The molecule has 3 N–H and O–H groups in total. The van der Waals surface area contributed by atoms with E-state index in [1.807, 2.05) is 0 Å². The molecule has 0 saturated heterocycles. The van der Waals surface area contributed by atoms with Gasteiger partial charge in [-0.1, -0.05) is 5.04 Å². The molecule has 0 radical (unpaired) electrons. The lowest BCUT2D eigenvalue weighted by atomic mass is 10.1. The monoisotopic (exact) mass is 701 g/mol. The van der Waals surface area contributed by atoms with Crippen LogP contribution < -0.4 is 0 Å². The molecule has 0 aliphatic heterocycles. The van der Waals surface area contributed by atoms with Crippen molar-refractivity contribution >= 4 is 81.6 Å². The minimum atomic E-state index is -4.35. The number of aromatic nitrogens is 3. The number of rotatable bonds is 8. The molecule has 3 rings (SSSR count). The van der Waals surface area contributed by atoms with Gasteiger partial charge in [0.25, 0.3) is 5.16 Å². The number of hydrogen-bond donors (Lipinski definition) is 3. The standard InChI is InChI=1S/C17H10Br3N3O9S2/c18-17(19,20)34(29,30)16-22-21-13(8-1-3-12(4-2-8)33-32-31-28)23(16)11-6-9(14(24)25)5-10(7-11)15(26)27/h1-7,28H,(H,24,25)(H,26,27). The van der Waals surface area contributed by atoms with Crippen LogP contribution in [-0.4, -0.2) is 52.1 Å². The highest BCUT2D eigenvalue weighted by atomic mass is 80.0. The molecule has 3 aromatic rings. The number of carboxylic acids is 2. The van der Waals surface area contributed by atoms with E-state index >= 15 is 0 Å². The molecule has 0 aliphatic carbocycles. The average molecular weight is 704 g/mol. The van der Waals surface area contributed by atoms with E-state index in [1.165, 1.54) is 24.3 Å². The van der Waals surface area contributed by atoms with Crippen LogP contribution in [-0.2, 0) is 19.2 Å². The zero-order chi connectivity index (χ0) is 25.3. The lowest BCUT2D eigenvalue weighted by Crippen LogP contribution is -2.22. The minimum absolute atomic E-state index is 0.0370. The lowest BCUT2D eigenvalue weighted by molar-refractivity contribution is -0.432. The second kappa shape index (κ2) is 10.4. The van der Waals surface area contributed by atoms with E-state index in [9.17, 15) is 28.2 Å². The Bertz CT molecular complexity index is 1320. The first-order valence-electron chi connectivity index (χ1n) is 8.51. The van der Waals surface area contributed by atoms with Crippen LogP contribution in [0.25, 0.3) is 17.1 Å². The summed E-state index contributed by atoms with van der Waals surface area (Å²) < 4.78 is 29.8. The topological polar surface area (TPSA) is 178 Å². The van der Waals surface area contributed by atoms with Crippen molar-refractivity contribution in [3.8, 4) is 17.1 Å². The van der Waals surface area contributed by atoms with E-state index in [0.29, 0.717) is 22.5 Å². The summed E-state index contributed by atoms with van der Waals surface area (Å²) >= 11 is 9.52. The van der Waals surface area contributed by atoms with Gasteiger partial charge in [0, 0.05) is 10.5 Å². The number of aromatic carboxylic acids is 2. The van der Waals surface area contributed by atoms with Crippen LogP contribution in [0.4, 0.5) is 0 Å². The predicted molar refractivity (Wildman–Crippen MR) is 128 cm³/mol. The van der Waals surface area contributed by atoms with Gasteiger partial charge in [-0.15, -0.1) is 14.5 Å². The van der Waals surface area contributed by atoms with E-state index in [0.717, 1.165) is 22.8 Å². The average Bonchev–Trinajstić information content (AvgIpc) is 3.23.